The Hall–Kier alpha value is -1.52. The van der Waals surface area contributed by atoms with Crippen molar-refractivity contribution in [1.82, 2.24) is 25.6 Å². The van der Waals surface area contributed by atoms with E-state index < -0.39 is 0 Å². The fourth-order valence-electron chi connectivity index (χ4n) is 0.875. The lowest BCUT2D eigenvalue weighted by molar-refractivity contribution is 0.923. The summed E-state index contributed by atoms with van der Waals surface area (Å²) in [5, 5.41) is 17.9. The summed E-state index contributed by atoms with van der Waals surface area (Å²) in [6.45, 7) is 2.02. The molecule has 0 fully saturated rings. The Kier molecular flexibility index (Phi) is 1.28. The molecule has 0 saturated carbocycles. The van der Waals surface area contributed by atoms with Crippen molar-refractivity contribution in [2.24, 2.45) is 0 Å². The summed E-state index contributed by atoms with van der Waals surface area (Å²) in [6, 6.07) is 1.88. The van der Waals surface area contributed by atoms with Crippen LogP contribution in [0.3, 0.4) is 0 Å². The van der Waals surface area contributed by atoms with Crippen LogP contribution < -0.4 is 0 Å². The van der Waals surface area contributed by atoms with Crippen molar-refractivity contribution in [2.45, 2.75) is 13.3 Å². The van der Waals surface area contributed by atoms with Gasteiger partial charge in [-0.05, 0) is 12.5 Å². The molecule has 2 aromatic heterocycles. The van der Waals surface area contributed by atoms with Crippen molar-refractivity contribution in [3.05, 3.63) is 11.8 Å². The number of aromatic amines is 1. The quantitative estimate of drug-likeness (QED) is 0.633. The van der Waals surface area contributed by atoms with E-state index in [-0.39, 0.29) is 0 Å². The zero-order valence-electron chi connectivity index (χ0n) is 6.07. The van der Waals surface area contributed by atoms with Gasteiger partial charge in [-0.15, -0.1) is 10.2 Å². The molecule has 2 rings (SSSR count). The van der Waals surface area contributed by atoms with Gasteiger partial charge in [0.25, 0.3) is 0 Å². The van der Waals surface area contributed by atoms with E-state index in [0.29, 0.717) is 5.65 Å². The molecule has 56 valence electrons. The smallest absolute Gasteiger partial charge is 0.195 e. The highest BCUT2D eigenvalue weighted by molar-refractivity contribution is 5.67. The molecule has 5 nitrogen and oxygen atoms in total. The van der Waals surface area contributed by atoms with E-state index in [0.717, 1.165) is 17.6 Å². The Morgan fingerprint density at radius 2 is 2.27 bits per heavy atom. The summed E-state index contributed by atoms with van der Waals surface area (Å²) < 4.78 is 0. The largest absolute Gasteiger partial charge is 0.223 e. The summed E-state index contributed by atoms with van der Waals surface area (Å²) in [5.41, 5.74) is 2.28. The highest BCUT2D eigenvalue weighted by atomic mass is 15.4. The molecule has 0 spiro atoms. The van der Waals surface area contributed by atoms with Gasteiger partial charge in [0.1, 0.15) is 5.52 Å². The van der Waals surface area contributed by atoms with Crippen molar-refractivity contribution in [1.29, 1.82) is 0 Å². The Labute approximate surface area is 62.8 Å². The van der Waals surface area contributed by atoms with Gasteiger partial charge in [-0.2, -0.15) is 15.4 Å². The second-order valence-corrected chi connectivity index (χ2v) is 2.22. The first kappa shape index (κ1) is 6.21. The molecular formula is C6H7N5. The van der Waals surface area contributed by atoms with Crippen molar-refractivity contribution < 1.29 is 0 Å². The fourth-order valence-corrected chi connectivity index (χ4v) is 0.875. The lowest BCUT2D eigenvalue weighted by Gasteiger charge is -1.89. The Morgan fingerprint density at radius 1 is 1.36 bits per heavy atom. The fraction of sp³-hybridized carbons (Fsp3) is 0.333. The van der Waals surface area contributed by atoms with Crippen LogP contribution in [0.5, 0.6) is 0 Å². The second-order valence-electron chi connectivity index (χ2n) is 2.22. The van der Waals surface area contributed by atoms with Crippen LogP contribution in [0.2, 0.25) is 0 Å². The Balaban J connectivity index is 2.67. The molecule has 1 N–H and O–H groups in total. The number of nitrogens with one attached hydrogen (secondary N) is 1. The molecule has 0 unspecified atom stereocenters. The molecule has 0 aliphatic heterocycles. The van der Waals surface area contributed by atoms with Gasteiger partial charge in [-0.3, -0.25) is 0 Å². The molecule has 0 amide bonds. The van der Waals surface area contributed by atoms with E-state index in [1.54, 1.807) is 0 Å². The van der Waals surface area contributed by atoms with E-state index in [4.69, 9.17) is 0 Å². The average Bonchev–Trinajstić information content (AvgIpc) is 2.50. The molecule has 5 heteroatoms. The van der Waals surface area contributed by atoms with E-state index in [1.165, 1.54) is 0 Å². The van der Waals surface area contributed by atoms with Crippen LogP contribution in [0, 0.1) is 0 Å². The maximum Gasteiger partial charge on any atom is 0.223 e. The number of fused-ring (bicyclic) bond motifs is 1. The number of aryl methyl sites for hydroxylation is 1. The van der Waals surface area contributed by atoms with Crippen LogP contribution in [0.15, 0.2) is 6.07 Å². The predicted octanol–water partition coefficient (Wildman–Crippen LogP) is 0.310. The molecule has 11 heavy (non-hydrogen) atoms. The van der Waals surface area contributed by atoms with Crippen LogP contribution in [0.25, 0.3) is 11.2 Å². The van der Waals surface area contributed by atoms with Crippen LogP contribution in [-0.4, -0.2) is 25.6 Å². The summed E-state index contributed by atoms with van der Waals surface area (Å²) >= 11 is 0. The molecule has 0 radical (unpaired) electrons. The third-order valence-corrected chi connectivity index (χ3v) is 1.49. The first-order valence-corrected chi connectivity index (χ1v) is 3.43. The maximum atomic E-state index is 3.93. The SMILES string of the molecule is CCc1cc2n[nH]nc2nn1. The summed E-state index contributed by atoms with van der Waals surface area (Å²) in [5.74, 6) is 0. The number of hydrogen-bond acceptors (Lipinski definition) is 4. The lowest BCUT2D eigenvalue weighted by Crippen LogP contribution is -1.90. The minimum Gasteiger partial charge on any atom is -0.195 e. The summed E-state index contributed by atoms with van der Waals surface area (Å²) in [7, 11) is 0. The number of H-pyrrole nitrogens is 1. The van der Waals surface area contributed by atoms with Gasteiger partial charge in [0, 0.05) is 0 Å². The highest BCUT2D eigenvalue weighted by Crippen LogP contribution is 2.03. The van der Waals surface area contributed by atoms with Crippen LogP contribution >= 0.6 is 0 Å². The molecule has 0 saturated heterocycles. The molecule has 0 aromatic carbocycles. The van der Waals surface area contributed by atoms with Crippen LogP contribution in [-0.2, 0) is 6.42 Å². The van der Waals surface area contributed by atoms with Gasteiger partial charge in [0.05, 0.1) is 5.69 Å². The van der Waals surface area contributed by atoms with E-state index in [1.807, 2.05) is 13.0 Å². The normalized spacial score (nSPS) is 10.6. The maximum absolute atomic E-state index is 3.93. The van der Waals surface area contributed by atoms with Crippen molar-refractivity contribution in [2.75, 3.05) is 0 Å². The number of hydrogen-bond donors (Lipinski definition) is 1. The van der Waals surface area contributed by atoms with Gasteiger partial charge in [-0.25, -0.2) is 0 Å². The molecular weight excluding hydrogens is 142 g/mol. The molecule has 0 bridgehead atoms. The zero-order valence-corrected chi connectivity index (χ0v) is 6.07. The predicted molar refractivity (Wildman–Crippen MR) is 38.9 cm³/mol. The highest BCUT2D eigenvalue weighted by Gasteiger charge is 1.99. The van der Waals surface area contributed by atoms with Gasteiger partial charge in [0.2, 0.25) is 5.65 Å². The van der Waals surface area contributed by atoms with E-state index in [2.05, 4.69) is 25.6 Å². The zero-order chi connectivity index (χ0) is 7.68. The van der Waals surface area contributed by atoms with Crippen molar-refractivity contribution in [3.8, 4) is 0 Å². The van der Waals surface area contributed by atoms with Crippen molar-refractivity contribution in [3.63, 3.8) is 0 Å². The minimum absolute atomic E-state index is 0.571. The van der Waals surface area contributed by atoms with E-state index >= 15 is 0 Å². The number of nitrogens with zero attached hydrogens (tertiary/aromatic N) is 4. The number of aromatic nitrogens is 5. The third-order valence-electron chi connectivity index (χ3n) is 1.49. The van der Waals surface area contributed by atoms with Gasteiger partial charge in [0.15, 0.2) is 0 Å². The standard InChI is InChI=1S/C6H7N5/c1-2-4-3-5-6(9-7-4)10-11-8-5/h3H,2H2,1H3,(H,8,9,10,11). The summed E-state index contributed by atoms with van der Waals surface area (Å²) in [6.07, 6.45) is 0.871. The van der Waals surface area contributed by atoms with Gasteiger partial charge >= 0.3 is 0 Å². The molecule has 2 aromatic rings. The Morgan fingerprint density at radius 3 is 3.09 bits per heavy atom. The minimum atomic E-state index is 0.571. The van der Waals surface area contributed by atoms with Crippen molar-refractivity contribution >= 4 is 11.2 Å². The average molecular weight is 149 g/mol. The third kappa shape index (κ3) is 0.938. The first-order chi connectivity index (χ1) is 5.40. The molecule has 0 aliphatic carbocycles. The second kappa shape index (κ2) is 2.26. The van der Waals surface area contributed by atoms with Crippen LogP contribution in [0.4, 0.5) is 0 Å². The lowest BCUT2D eigenvalue weighted by atomic mass is 10.3. The monoisotopic (exact) mass is 149 g/mol. The number of rotatable bonds is 1. The van der Waals surface area contributed by atoms with E-state index in [9.17, 15) is 0 Å². The van der Waals surface area contributed by atoms with Gasteiger partial charge in [-0.1, -0.05) is 6.92 Å². The first-order valence-electron chi connectivity index (χ1n) is 3.43. The molecule has 2 heterocycles. The molecule has 0 aliphatic rings. The topological polar surface area (TPSA) is 67.3 Å². The van der Waals surface area contributed by atoms with Crippen LogP contribution in [0.1, 0.15) is 12.6 Å². The summed E-state index contributed by atoms with van der Waals surface area (Å²) in [4.78, 5) is 0. The van der Waals surface area contributed by atoms with Gasteiger partial charge < -0.3 is 0 Å². The Bertz CT molecular complexity index is 366. The molecule has 0 atom stereocenters.